The van der Waals surface area contributed by atoms with Gasteiger partial charge in [-0.1, -0.05) is 79.7 Å². The first kappa shape index (κ1) is 15.6. The fourth-order valence-corrected chi connectivity index (χ4v) is 1.43. The van der Waals surface area contributed by atoms with Crippen LogP contribution in [0.5, 0.6) is 0 Å². The second kappa shape index (κ2) is 9.51. The van der Waals surface area contributed by atoms with E-state index in [-0.39, 0.29) is 5.78 Å². The lowest BCUT2D eigenvalue weighted by Crippen LogP contribution is -1.92. The Hall–Kier alpha value is -2.41. The van der Waals surface area contributed by atoms with Gasteiger partial charge in [0, 0.05) is 5.56 Å². The summed E-state index contributed by atoms with van der Waals surface area (Å²) in [6, 6.07) is 19.1. The fraction of sp³-hybridized carbons (Fsp3) is 0.105. The zero-order valence-corrected chi connectivity index (χ0v) is 11.8. The maximum absolute atomic E-state index is 11.7. The standard InChI is InChI=1S/C15H12O.C4H8/c16-15(14-9-5-2-6-10-14)12-11-13-7-3-1-4-8-13;1-3-4-2/h1-12H;3H,1,4H2,2H3. The van der Waals surface area contributed by atoms with E-state index in [2.05, 4.69) is 13.5 Å². The maximum Gasteiger partial charge on any atom is 0.185 e. The second-order valence-electron chi connectivity index (χ2n) is 4.17. The Labute approximate surface area is 121 Å². The minimum atomic E-state index is 0.0319. The molecule has 1 heteroatoms. The predicted octanol–water partition coefficient (Wildman–Crippen LogP) is 5.17. The molecule has 0 amide bonds. The largest absolute Gasteiger partial charge is 0.289 e. The summed E-state index contributed by atoms with van der Waals surface area (Å²) in [5.41, 5.74) is 1.75. The first-order valence-electron chi connectivity index (χ1n) is 6.71. The normalized spacial score (nSPS) is 9.65. The Kier molecular flexibility index (Phi) is 7.44. The number of carbonyl (C=O) groups excluding carboxylic acids is 1. The SMILES string of the molecule is C=CCC.O=C(C=Cc1ccccc1)c1ccccc1. The van der Waals surface area contributed by atoms with Gasteiger partial charge in [0.25, 0.3) is 0 Å². The van der Waals surface area contributed by atoms with E-state index in [4.69, 9.17) is 0 Å². The first-order chi connectivity index (χ1) is 9.77. The summed E-state index contributed by atoms with van der Waals surface area (Å²) >= 11 is 0. The van der Waals surface area contributed by atoms with E-state index in [1.807, 2.05) is 72.8 Å². The summed E-state index contributed by atoms with van der Waals surface area (Å²) < 4.78 is 0. The average molecular weight is 264 g/mol. The van der Waals surface area contributed by atoms with Crippen molar-refractivity contribution in [1.29, 1.82) is 0 Å². The fourth-order valence-electron chi connectivity index (χ4n) is 1.43. The third kappa shape index (κ3) is 5.96. The zero-order valence-electron chi connectivity index (χ0n) is 11.8. The van der Waals surface area contributed by atoms with E-state index in [9.17, 15) is 4.79 Å². The van der Waals surface area contributed by atoms with Crippen LogP contribution >= 0.6 is 0 Å². The molecule has 2 aromatic rings. The van der Waals surface area contributed by atoms with Gasteiger partial charge in [-0.05, 0) is 18.1 Å². The molecule has 1 nitrogen and oxygen atoms in total. The van der Waals surface area contributed by atoms with Crippen LogP contribution in [0.15, 0.2) is 79.4 Å². The van der Waals surface area contributed by atoms with Gasteiger partial charge in [0.15, 0.2) is 5.78 Å². The molecule has 20 heavy (non-hydrogen) atoms. The number of carbonyl (C=O) groups is 1. The lowest BCUT2D eigenvalue weighted by atomic mass is 10.1. The molecule has 2 rings (SSSR count). The number of hydrogen-bond donors (Lipinski definition) is 0. The summed E-state index contributed by atoms with van der Waals surface area (Å²) in [4.78, 5) is 11.7. The highest BCUT2D eigenvalue weighted by atomic mass is 16.1. The van der Waals surface area contributed by atoms with E-state index in [1.165, 1.54) is 0 Å². The molecule has 0 N–H and O–H groups in total. The molecule has 0 saturated carbocycles. The molecular formula is C19H20O. The predicted molar refractivity (Wildman–Crippen MR) is 86.7 cm³/mol. The average Bonchev–Trinajstić information content (AvgIpc) is 2.54. The zero-order chi connectivity index (χ0) is 14.6. The van der Waals surface area contributed by atoms with Crippen molar-refractivity contribution in [3.63, 3.8) is 0 Å². The monoisotopic (exact) mass is 264 g/mol. The Morgan fingerprint density at radius 2 is 1.50 bits per heavy atom. The molecule has 102 valence electrons. The molecule has 0 unspecified atom stereocenters. The number of hydrogen-bond acceptors (Lipinski definition) is 1. The molecule has 0 heterocycles. The van der Waals surface area contributed by atoms with Crippen molar-refractivity contribution < 1.29 is 4.79 Å². The third-order valence-electron chi connectivity index (χ3n) is 2.57. The summed E-state index contributed by atoms with van der Waals surface area (Å²) in [6.45, 7) is 5.54. The minimum absolute atomic E-state index is 0.0319. The molecule has 0 saturated heterocycles. The van der Waals surface area contributed by atoms with Gasteiger partial charge >= 0.3 is 0 Å². The Morgan fingerprint density at radius 1 is 1.00 bits per heavy atom. The summed E-state index contributed by atoms with van der Waals surface area (Å²) in [5.74, 6) is 0.0319. The highest BCUT2D eigenvalue weighted by molar-refractivity contribution is 6.06. The molecular weight excluding hydrogens is 244 g/mol. The molecule has 0 aliphatic carbocycles. The van der Waals surface area contributed by atoms with Crippen LogP contribution < -0.4 is 0 Å². The quantitative estimate of drug-likeness (QED) is 0.423. The molecule has 0 aliphatic rings. The second-order valence-corrected chi connectivity index (χ2v) is 4.17. The van der Waals surface area contributed by atoms with Crippen LogP contribution in [-0.2, 0) is 0 Å². The van der Waals surface area contributed by atoms with E-state index in [0.717, 1.165) is 17.5 Å². The van der Waals surface area contributed by atoms with E-state index in [0.29, 0.717) is 0 Å². The van der Waals surface area contributed by atoms with Crippen molar-refractivity contribution in [3.8, 4) is 0 Å². The number of rotatable bonds is 4. The van der Waals surface area contributed by atoms with Gasteiger partial charge in [-0.3, -0.25) is 4.79 Å². The van der Waals surface area contributed by atoms with E-state index in [1.54, 1.807) is 6.08 Å². The van der Waals surface area contributed by atoms with Gasteiger partial charge in [-0.2, -0.15) is 0 Å². The molecule has 2 aromatic carbocycles. The van der Waals surface area contributed by atoms with Crippen molar-refractivity contribution in [1.82, 2.24) is 0 Å². The summed E-state index contributed by atoms with van der Waals surface area (Å²) in [5, 5.41) is 0. The Bertz CT molecular complexity index is 538. The van der Waals surface area contributed by atoms with Crippen LogP contribution in [0.25, 0.3) is 6.08 Å². The molecule has 0 bridgehead atoms. The highest BCUT2D eigenvalue weighted by Gasteiger charge is 1.98. The number of ketones is 1. The molecule has 0 radical (unpaired) electrons. The lowest BCUT2D eigenvalue weighted by molar-refractivity contribution is 0.104. The van der Waals surface area contributed by atoms with Crippen LogP contribution in [-0.4, -0.2) is 5.78 Å². The van der Waals surface area contributed by atoms with Crippen LogP contribution in [0, 0.1) is 0 Å². The molecule has 0 aromatic heterocycles. The molecule has 0 atom stereocenters. The summed E-state index contributed by atoms with van der Waals surface area (Å²) in [6.07, 6.45) is 6.39. The summed E-state index contributed by atoms with van der Waals surface area (Å²) in [7, 11) is 0. The van der Waals surface area contributed by atoms with Gasteiger partial charge in [0.1, 0.15) is 0 Å². The number of allylic oxidation sites excluding steroid dienone is 2. The van der Waals surface area contributed by atoms with Crippen LogP contribution in [0.3, 0.4) is 0 Å². The Balaban J connectivity index is 0.000000444. The lowest BCUT2D eigenvalue weighted by Gasteiger charge is -1.94. The van der Waals surface area contributed by atoms with Crippen molar-refractivity contribution in [2.24, 2.45) is 0 Å². The van der Waals surface area contributed by atoms with E-state index >= 15 is 0 Å². The number of benzene rings is 2. The minimum Gasteiger partial charge on any atom is -0.289 e. The third-order valence-corrected chi connectivity index (χ3v) is 2.57. The van der Waals surface area contributed by atoms with E-state index < -0.39 is 0 Å². The van der Waals surface area contributed by atoms with Crippen LogP contribution in [0.2, 0.25) is 0 Å². The maximum atomic E-state index is 11.7. The Morgan fingerprint density at radius 3 is 2.00 bits per heavy atom. The van der Waals surface area contributed by atoms with Gasteiger partial charge in [0.05, 0.1) is 0 Å². The van der Waals surface area contributed by atoms with Gasteiger partial charge in [-0.15, -0.1) is 6.58 Å². The molecule has 0 aliphatic heterocycles. The smallest absolute Gasteiger partial charge is 0.185 e. The highest BCUT2D eigenvalue weighted by Crippen LogP contribution is 2.05. The van der Waals surface area contributed by atoms with Crippen LogP contribution in [0.1, 0.15) is 29.3 Å². The van der Waals surface area contributed by atoms with Crippen molar-refractivity contribution in [3.05, 3.63) is 90.5 Å². The van der Waals surface area contributed by atoms with Gasteiger partial charge < -0.3 is 0 Å². The van der Waals surface area contributed by atoms with Crippen molar-refractivity contribution >= 4 is 11.9 Å². The molecule has 0 spiro atoms. The van der Waals surface area contributed by atoms with Crippen LogP contribution in [0.4, 0.5) is 0 Å². The van der Waals surface area contributed by atoms with Gasteiger partial charge in [0.2, 0.25) is 0 Å². The van der Waals surface area contributed by atoms with Crippen molar-refractivity contribution in [2.45, 2.75) is 13.3 Å². The molecule has 0 fully saturated rings. The van der Waals surface area contributed by atoms with Gasteiger partial charge in [-0.25, -0.2) is 0 Å². The topological polar surface area (TPSA) is 17.1 Å². The first-order valence-corrected chi connectivity index (χ1v) is 6.71. The van der Waals surface area contributed by atoms with Crippen molar-refractivity contribution in [2.75, 3.05) is 0 Å².